The zero-order chi connectivity index (χ0) is 16.4. The molecule has 2 N–H and O–H groups in total. The Morgan fingerprint density at radius 3 is 2.83 bits per heavy atom. The van der Waals surface area contributed by atoms with E-state index >= 15 is 0 Å². The molecule has 0 aromatic heterocycles. The minimum atomic E-state index is -0.461. The van der Waals surface area contributed by atoms with Gasteiger partial charge in [0.2, 0.25) is 0 Å². The number of rotatable bonds is 3. The molecule has 1 fully saturated rings. The van der Waals surface area contributed by atoms with E-state index in [-0.39, 0.29) is 26.7 Å². The molecule has 1 aromatic carbocycles. The van der Waals surface area contributed by atoms with E-state index in [0.29, 0.717) is 6.04 Å². The molecule has 1 aromatic rings. The number of nitrogens with zero attached hydrogens (tertiary/aromatic N) is 2. The number of nitrogens with one attached hydrogen (secondary N) is 2. The molecule has 0 saturated heterocycles. The van der Waals surface area contributed by atoms with Crippen LogP contribution in [0, 0.1) is 0 Å². The van der Waals surface area contributed by atoms with Gasteiger partial charge in [0.1, 0.15) is 0 Å². The van der Waals surface area contributed by atoms with Gasteiger partial charge in [-0.05, 0) is 0 Å². The van der Waals surface area contributed by atoms with Gasteiger partial charge in [0.05, 0.1) is 0 Å². The SMILES string of the molecule is CC(C)(C)OC(=O)NC1CCC(Nc2cccc3c2N=[Se]=N3)C1. The summed E-state index contributed by atoms with van der Waals surface area (Å²) in [6.07, 6.45) is 2.54. The summed E-state index contributed by atoms with van der Waals surface area (Å²) in [5, 5.41) is 6.52. The number of anilines is 1. The summed E-state index contributed by atoms with van der Waals surface area (Å²) in [6, 6.07) is 6.55. The number of benzene rings is 1. The summed E-state index contributed by atoms with van der Waals surface area (Å²) >= 11 is -0.0173. The average molecular weight is 381 g/mol. The van der Waals surface area contributed by atoms with Crippen molar-refractivity contribution in [3.8, 4) is 0 Å². The minimum absolute atomic E-state index is 0.0173. The van der Waals surface area contributed by atoms with E-state index in [4.69, 9.17) is 4.74 Å². The second kappa shape index (κ2) is 6.49. The quantitative estimate of drug-likeness (QED) is 0.792. The molecule has 2 aliphatic rings. The third-order valence-electron chi connectivity index (χ3n) is 3.80. The van der Waals surface area contributed by atoms with Crippen molar-refractivity contribution in [1.29, 1.82) is 0 Å². The van der Waals surface area contributed by atoms with Crippen LogP contribution in [0.5, 0.6) is 0 Å². The van der Waals surface area contributed by atoms with Gasteiger partial charge in [-0.1, -0.05) is 0 Å². The van der Waals surface area contributed by atoms with Crippen LogP contribution in [0.2, 0.25) is 0 Å². The summed E-state index contributed by atoms with van der Waals surface area (Å²) < 4.78 is 14.2. The molecule has 1 heterocycles. The van der Waals surface area contributed by atoms with Crippen LogP contribution in [0.1, 0.15) is 40.0 Å². The third kappa shape index (κ3) is 4.24. The monoisotopic (exact) mass is 382 g/mol. The number of alkyl carbamates (subject to hydrolysis) is 1. The van der Waals surface area contributed by atoms with E-state index < -0.39 is 5.60 Å². The zero-order valence-electron chi connectivity index (χ0n) is 13.6. The zero-order valence-corrected chi connectivity index (χ0v) is 15.3. The Morgan fingerprint density at radius 2 is 2.04 bits per heavy atom. The molecule has 1 aliphatic heterocycles. The molecule has 0 spiro atoms. The number of hydrogen-bond acceptors (Lipinski definition) is 5. The first-order valence-electron chi connectivity index (χ1n) is 7.88. The normalized spacial score (nSPS) is 22.4. The van der Waals surface area contributed by atoms with Crippen molar-refractivity contribution < 1.29 is 9.53 Å². The van der Waals surface area contributed by atoms with Crippen molar-refractivity contribution in [3.05, 3.63) is 18.2 Å². The summed E-state index contributed by atoms with van der Waals surface area (Å²) in [5.41, 5.74) is 2.55. The Kier molecular flexibility index (Phi) is 4.59. The van der Waals surface area contributed by atoms with Crippen molar-refractivity contribution in [3.63, 3.8) is 0 Å². The van der Waals surface area contributed by atoms with Gasteiger partial charge in [0, 0.05) is 0 Å². The molecule has 3 rings (SSSR count). The molecule has 2 unspecified atom stereocenters. The molecule has 23 heavy (non-hydrogen) atoms. The second-order valence-electron chi connectivity index (χ2n) is 6.93. The van der Waals surface area contributed by atoms with Crippen LogP contribution in [-0.2, 0) is 4.74 Å². The Bertz CT molecular complexity index is 677. The van der Waals surface area contributed by atoms with Crippen LogP contribution in [0.25, 0.3) is 0 Å². The molecular weight excluding hydrogens is 359 g/mol. The third-order valence-corrected chi connectivity index (χ3v) is 4.94. The van der Waals surface area contributed by atoms with Crippen LogP contribution in [-0.4, -0.2) is 38.3 Å². The Balaban J connectivity index is 1.54. The van der Waals surface area contributed by atoms with Crippen LogP contribution in [0.4, 0.5) is 21.9 Å². The van der Waals surface area contributed by atoms with Crippen molar-refractivity contribution >= 4 is 37.7 Å². The number of fused-ring (bicyclic) bond motifs is 1. The first-order chi connectivity index (χ1) is 10.9. The molecule has 1 amide bonds. The van der Waals surface area contributed by atoms with Gasteiger partial charge in [-0.2, -0.15) is 0 Å². The van der Waals surface area contributed by atoms with Crippen molar-refractivity contribution in [2.24, 2.45) is 7.92 Å². The first-order valence-corrected chi connectivity index (χ1v) is 9.41. The van der Waals surface area contributed by atoms with Gasteiger partial charge in [-0.25, -0.2) is 0 Å². The molecule has 1 saturated carbocycles. The van der Waals surface area contributed by atoms with Crippen LogP contribution >= 0.6 is 0 Å². The molecule has 0 radical (unpaired) electrons. The van der Waals surface area contributed by atoms with Gasteiger partial charge < -0.3 is 0 Å². The molecule has 0 bridgehead atoms. The maximum atomic E-state index is 11.9. The first kappa shape index (κ1) is 16.3. The fraction of sp³-hybridized carbons (Fsp3) is 0.562. The van der Waals surface area contributed by atoms with Crippen molar-refractivity contribution in [1.82, 2.24) is 5.32 Å². The van der Waals surface area contributed by atoms with Gasteiger partial charge in [-0.15, -0.1) is 0 Å². The van der Waals surface area contributed by atoms with Gasteiger partial charge in [-0.3, -0.25) is 0 Å². The average Bonchev–Trinajstić information content (AvgIpc) is 3.06. The second-order valence-corrected chi connectivity index (χ2v) is 8.04. The van der Waals surface area contributed by atoms with E-state index in [0.717, 1.165) is 36.3 Å². The molecule has 124 valence electrons. The fourth-order valence-corrected chi connectivity index (χ4v) is 4.01. The van der Waals surface area contributed by atoms with E-state index in [1.807, 2.05) is 39.0 Å². The van der Waals surface area contributed by atoms with E-state index in [1.54, 1.807) is 0 Å². The van der Waals surface area contributed by atoms with E-state index in [9.17, 15) is 4.79 Å². The number of carbonyl (C=O) groups is 1. The number of amides is 1. The van der Waals surface area contributed by atoms with Gasteiger partial charge in [0.25, 0.3) is 0 Å². The summed E-state index contributed by atoms with van der Waals surface area (Å²) in [6.45, 7) is 5.62. The fourth-order valence-electron chi connectivity index (χ4n) is 2.86. The maximum absolute atomic E-state index is 11.9. The molecule has 1 aliphatic carbocycles. The molecule has 7 heteroatoms. The Hall–Kier alpha value is -1.59. The molecular formula is C16H22N4O2Se. The molecule has 2 atom stereocenters. The van der Waals surface area contributed by atoms with Crippen LogP contribution in [0.15, 0.2) is 26.1 Å². The van der Waals surface area contributed by atoms with Crippen molar-refractivity contribution in [2.75, 3.05) is 5.32 Å². The van der Waals surface area contributed by atoms with E-state index in [2.05, 4.69) is 18.6 Å². The van der Waals surface area contributed by atoms with Gasteiger partial charge >= 0.3 is 142 Å². The van der Waals surface area contributed by atoms with E-state index in [1.165, 1.54) is 0 Å². The standard InChI is InChI=1S/C16H22N4O2Se/c1-16(2,3)22-15(21)18-11-8-7-10(9-11)17-12-5-4-6-13-14(12)20-23-19-13/h4-6,10-11,17H,7-9H2,1-3H3,(H,18,21). The summed E-state index contributed by atoms with van der Waals surface area (Å²) in [4.78, 5) is 11.9. The van der Waals surface area contributed by atoms with Crippen LogP contribution in [0.3, 0.4) is 0 Å². The Labute approximate surface area is 142 Å². The number of hydrogen-bond donors (Lipinski definition) is 2. The summed E-state index contributed by atoms with van der Waals surface area (Å²) in [7, 11) is 0. The van der Waals surface area contributed by atoms with Crippen molar-refractivity contribution in [2.45, 2.75) is 57.7 Å². The predicted octanol–water partition coefficient (Wildman–Crippen LogP) is 3.89. The number of carbonyl (C=O) groups excluding carboxylic acids is 1. The summed E-state index contributed by atoms with van der Waals surface area (Å²) in [5.74, 6) is 0. The topological polar surface area (TPSA) is 75.1 Å². The number of ether oxygens (including phenoxy) is 1. The molecule has 6 nitrogen and oxygen atoms in total. The predicted molar refractivity (Wildman–Crippen MR) is 90.8 cm³/mol. The van der Waals surface area contributed by atoms with Gasteiger partial charge in [0.15, 0.2) is 0 Å². The van der Waals surface area contributed by atoms with Crippen LogP contribution < -0.4 is 10.6 Å². The Morgan fingerprint density at radius 1 is 1.26 bits per heavy atom.